The molecule has 0 aliphatic rings. The molecule has 0 aliphatic carbocycles. The van der Waals surface area contributed by atoms with Gasteiger partial charge in [0.2, 0.25) is 0 Å². The summed E-state index contributed by atoms with van der Waals surface area (Å²) in [4.78, 5) is 38.4. The fraction of sp³-hybridized carbons (Fsp3) is 0.143. The number of esters is 3. The van der Waals surface area contributed by atoms with Gasteiger partial charge < -0.3 is 18.9 Å². The lowest BCUT2D eigenvalue weighted by atomic mass is 10.0. The van der Waals surface area contributed by atoms with Gasteiger partial charge in [-0.2, -0.15) is 5.10 Å². The summed E-state index contributed by atoms with van der Waals surface area (Å²) >= 11 is 5.90. The summed E-state index contributed by atoms with van der Waals surface area (Å²) in [6, 6.07) is 19.8. The highest BCUT2D eigenvalue weighted by atomic mass is 35.5. The van der Waals surface area contributed by atoms with Crippen LogP contribution in [0.4, 0.5) is 0 Å². The van der Waals surface area contributed by atoms with Crippen LogP contribution in [0.1, 0.15) is 38.1 Å². The van der Waals surface area contributed by atoms with E-state index in [2.05, 4.69) is 5.10 Å². The van der Waals surface area contributed by atoms with Crippen molar-refractivity contribution < 1.29 is 33.3 Å². The number of benzene rings is 3. The highest BCUT2D eigenvalue weighted by molar-refractivity contribution is 6.30. The SMILES string of the molecule is CCOc1cc(-c2nn(-c3ccccc3)c(C(=O)OC)c2C(=O)OC)ccc1OC(=O)c1ccc(Cl)cc1. The van der Waals surface area contributed by atoms with Crippen molar-refractivity contribution in [2.24, 2.45) is 0 Å². The first-order valence-corrected chi connectivity index (χ1v) is 11.9. The Morgan fingerprint density at radius 1 is 0.842 bits per heavy atom. The number of para-hydroxylation sites is 1. The van der Waals surface area contributed by atoms with E-state index in [0.717, 1.165) is 0 Å². The molecule has 0 saturated carbocycles. The van der Waals surface area contributed by atoms with E-state index >= 15 is 0 Å². The lowest BCUT2D eigenvalue weighted by Crippen LogP contribution is -2.15. The second kappa shape index (κ2) is 11.6. The van der Waals surface area contributed by atoms with E-state index in [9.17, 15) is 14.4 Å². The van der Waals surface area contributed by atoms with Crippen LogP contribution >= 0.6 is 11.6 Å². The van der Waals surface area contributed by atoms with Gasteiger partial charge in [0.05, 0.1) is 32.1 Å². The van der Waals surface area contributed by atoms with Crippen molar-refractivity contribution in [3.8, 4) is 28.4 Å². The van der Waals surface area contributed by atoms with Crippen LogP contribution in [0.3, 0.4) is 0 Å². The lowest BCUT2D eigenvalue weighted by molar-refractivity contribution is 0.0549. The molecule has 1 heterocycles. The smallest absolute Gasteiger partial charge is 0.357 e. The van der Waals surface area contributed by atoms with Crippen LogP contribution < -0.4 is 9.47 Å². The first-order valence-electron chi connectivity index (χ1n) is 11.5. The lowest BCUT2D eigenvalue weighted by Gasteiger charge is -2.12. The van der Waals surface area contributed by atoms with Crippen molar-refractivity contribution >= 4 is 29.5 Å². The van der Waals surface area contributed by atoms with Crippen LogP contribution in [0, 0.1) is 0 Å². The molecule has 0 spiro atoms. The van der Waals surface area contributed by atoms with Gasteiger partial charge in [0.15, 0.2) is 17.2 Å². The predicted octanol–water partition coefficient (Wildman–Crippen LogP) is 5.38. The van der Waals surface area contributed by atoms with Crippen LogP contribution in [-0.2, 0) is 9.47 Å². The number of hydrogen-bond acceptors (Lipinski definition) is 8. The molecule has 0 bridgehead atoms. The zero-order chi connectivity index (χ0) is 27.2. The molecule has 194 valence electrons. The van der Waals surface area contributed by atoms with E-state index in [1.54, 1.807) is 67.6 Å². The van der Waals surface area contributed by atoms with E-state index < -0.39 is 17.9 Å². The quantitative estimate of drug-likeness (QED) is 0.219. The van der Waals surface area contributed by atoms with Gasteiger partial charge in [-0.05, 0) is 61.5 Å². The number of aromatic nitrogens is 2. The Balaban J connectivity index is 1.84. The number of rotatable bonds is 8. The zero-order valence-corrected chi connectivity index (χ0v) is 21.5. The minimum absolute atomic E-state index is 0.0865. The number of carbonyl (C=O) groups excluding carboxylic acids is 3. The zero-order valence-electron chi connectivity index (χ0n) is 20.8. The molecule has 3 aromatic carbocycles. The van der Waals surface area contributed by atoms with Crippen molar-refractivity contribution in [1.29, 1.82) is 0 Å². The van der Waals surface area contributed by atoms with Gasteiger partial charge in [0.1, 0.15) is 11.3 Å². The number of carbonyl (C=O) groups is 3. The highest BCUT2D eigenvalue weighted by Gasteiger charge is 2.31. The summed E-state index contributed by atoms with van der Waals surface area (Å²) in [5.41, 5.74) is 1.21. The minimum atomic E-state index is -0.779. The molecule has 0 aliphatic heterocycles. The predicted molar refractivity (Wildman–Crippen MR) is 139 cm³/mol. The maximum atomic E-state index is 12.9. The topological polar surface area (TPSA) is 106 Å². The summed E-state index contributed by atoms with van der Waals surface area (Å²) in [5, 5.41) is 5.06. The maximum Gasteiger partial charge on any atom is 0.357 e. The molecule has 0 saturated heterocycles. The molecule has 0 amide bonds. The summed E-state index contributed by atoms with van der Waals surface area (Å²) < 4.78 is 22.6. The molecule has 1 aromatic heterocycles. The molecular formula is C28H23ClN2O7. The summed E-state index contributed by atoms with van der Waals surface area (Å²) in [6.07, 6.45) is 0. The van der Waals surface area contributed by atoms with Crippen LogP contribution in [-0.4, -0.2) is 48.5 Å². The number of ether oxygens (including phenoxy) is 4. The van der Waals surface area contributed by atoms with Crippen molar-refractivity contribution in [2.75, 3.05) is 20.8 Å². The number of hydrogen-bond donors (Lipinski definition) is 0. The number of halogens is 1. The summed E-state index contributed by atoms with van der Waals surface area (Å²) in [6.45, 7) is 2.04. The minimum Gasteiger partial charge on any atom is -0.490 e. The number of methoxy groups -OCH3 is 2. The summed E-state index contributed by atoms with van der Waals surface area (Å²) in [5.74, 6) is -1.76. The Kier molecular flexibility index (Phi) is 8.08. The van der Waals surface area contributed by atoms with Crippen molar-refractivity contribution in [3.05, 3.63) is 94.6 Å². The van der Waals surface area contributed by atoms with Crippen LogP contribution in [0.5, 0.6) is 11.5 Å². The standard InChI is InChI=1S/C28H23ClN2O7/c1-4-37-22-16-18(12-15-21(22)38-26(32)17-10-13-19(29)14-11-17)24-23(27(33)35-2)25(28(34)36-3)31(30-24)20-8-6-5-7-9-20/h5-16H,4H2,1-3H3. The number of nitrogens with zero attached hydrogens (tertiary/aromatic N) is 2. The third-order valence-electron chi connectivity index (χ3n) is 5.45. The first kappa shape index (κ1) is 26.4. The molecule has 38 heavy (non-hydrogen) atoms. The fourth-order valence-electron chi connectivity index (χ4n) is 3.71. The molecule has 10 heteroatoms. The Morgan fingerprint density at radius 3 is 2.16 bits per heavy atom. The van der Waals surface area contributed by atoms with E-state index in [1.165, 1.54) is 25.0 Å². The van der Waals surface area contributed by atoms with Gasteiger partial charge in [-0.1, -0.05) is 29.8 Å². The molecule has 4 aromatic rings. The maximum absolute atomic E-state index is 12.9. The van der Waals surface area contributed by atoms with Crippen LogP contribution in [0.2, 0.25) is 5.02 Å². The molecular weight excluding hydrogens is 512 g/mol. The average Bonchev–Trinajstić information content (AvgIpc) is 3.35. The van der Waals surface area contributed by atoms with Gasteiger partial charge >= 0.3 is 17.9 Å². The highest BCUT2D eigenvalue weighted by Crippen LogP contribution is 2.36. The molecule has 4 rings (SSSR count). The third kappa shape index (κ3) is 5.37. The van der Waals surface area contributed by atoms with E-state index in [1.807, 2.05) is 6.07 Å². The Labute approximate surface area is 223 Å². The van der Waals surface area contributed by atoms with Crippen molar-refractivity contribution in [2.45, 2.75) is 6.92 Å². The van der Waals surface area contributed by atoms with Gasteiger partial charge in [-0.25, -0.2) is 19.1 Å². The van der Waals surface area contributed by atoms with Gasteiger partial charge in [0, 0.05) is 10.6 Å². The second-order valence-electron chi connectivity index (χ2n) is 7.79. The fourth-order valence-corrected chi connectivity index (χ4v) is 3.84. The Morgan fingerprint density at radius 2 is 1.53 bits per heavy atom. The Hall–Kier alpha value is -4.63. The monoisotopic (exact) mass is 534 g/mol. The Bertz CT molecular complexity index is 1480. The average molecular weight is 535 g/mol. The summed E-state index contributed by atoms with van der Waals surface area (Å²) in [7, 11) is 2.42. The van der Waals surface area contributed by atoms with E-state index in [-0.39, 0.29) is 35.1 Å². The van der Waals surface area contributed by atoms with Gasteiger partial charge in [-0.15, -0.1) is 0 Å². The first-order chi connectivity index (χ1) is 18.4. The molecule has 9 nitrogen and oxygen atoms in total. The van der Waals surface area contributed by atoms with E-state index in [4.69, 9.17) is 30.5 Å². The molecule has 0 atom stereocenters. The molecule has 0 fully saturated rings. The molecule has 0 unspecified atom stereocenters. The largest absolute Gasteiger partial charge is 0.490 e. The van der Waals surface area contributed by atoms with Crippen LogP contribution in [0.15, 0.2) is 72.8 Å². The second-order valence-corrected chi connectivity index (χ2v) is 8.23. The van der Waals surface area contributed by atoms with Gasteiger partial charge in [-0.3, -0.25) is 0 Å². The molecule has 0 N–H and O–H groups in total. The van der Waals surface area contributed by atoms with Crippen LogP contribution in [0.25, 0.3) is 16.9 Å². The third-order valence-corrected chi connectivity index (χ3v) is 5.71. The molecule has 0 radical (unpaired) electrons. The normalized spacial score (nSPS) is 10.5. The van der Waals surface area contributed by atoms with E-state index in [0.29, 0.717) is 21.8 Å². The van der Waals surface area contributed by atoms with Crippen molar-refractivity contribution in [3.63, 3.8) is 0 Å². The van der Waals surface area contributed by atoms with Crippen molar-refractivity contribution in [1.82, 2.24) is 9.78 Å². The van der Waals surface area contributed by atoms with Gasteiger partial charge in [0.25, 0.3) is 0 Å².